The number of aliphatic carboxylic acids is 1. The maximum Gasteiger partial charge on any atom is 0.317 e. The van der Waals surface area contributed by atoms with E-state index in [1.807, 2.05) is 6.92 Å². The van der Waals surface area contributed by atoms with Gasteiger partial charge in [-0.25, -0.2) is 4.89 Å². The molecular formula is C45H77N13O15. The molecule has 28 heteroatoms. The topological polar surface area (TPSA) is 425 Å². The summed E-state index contributed by atoms with van der Waals surface area (Å²) in [6.45, 7) is 0.170. The number of rotatable bonds is 33. The highest BCUT2D eigenvalue weighted by Crippen LogP contribution is 2.10. The number of nitrogens with zero attached hydrogens (tertiary/aromatic N) is 4. The molecule has 0 unspecified atom stereocenters. The normalized spacial score (nSPS) is 18.1. The van der Waals surface area contributed by atoms with Crippen LogP contribution in [0.1, 0.15) is 63.9 Å². The van der Waals surface area contributed by atoms with Crippen LogP contribution in [0, 0.1) is 0 Å². The number of amides is 7. The Morgan fingerprint density at radius 1 is 0.685 bits per heavy atom. The second kappa shape index (κ2) is 35.9. The van der Waals surface area contributed by atoms with E-state index in [0.717, 1.165) is 12.8 Å². The van der Waals surface area contributed by atoms with Gasteiger partial charge in [-0.3, -0.25) is 63.3 Å². The number of unbranched alkanes of at least 4 members (excludes halogenated alkanes) is 2. The van der Waals surface area contributed by atoms with Gasteiger partial charge in [0.25, 0.3) is 0 Å². The van der Waals surface area contributed by atoms with Crippen LogP contribution in [0.5, 0.6) is 0 Å². The molecule has 2 rings (SSSR count). The minimum absolute atomic E-state index is 0.00367. The fourth-order valence-corrected chi connectivity index (χ4v) is 7.48. The zero-order chi connectivity index (χ0) is 54.1. The highest BCUT2D eigenvalue weighted by Gasteiger charge is 2.32. The number of carboxylic acid groups (broad SMARTS) is 1. The van der Waals surface area contributed by atoms with E-state index in [9.17, 15) is 63.9 Å². The van der Waals surface area contributed by atoms with E-state index in [0.29, 0.717) is 12.1 Å². The summed E-state index contributed by atoms with van der Waals surface area (Å²) in [6, 6.07) is 3.49. The summed E-state index contributed by atoms with van der Waals surface area (Å²) in [4.78, 5) is 118. The van der Waals surface area contributed by atoms with E-state index in [-0.39, 0.29) is 129 Å². The fourth-order valence-electron chi connectivity index (χ4n) is 7.48. The van der Waals surface area contributed by atoms with Crippen LogP contribution in [0.25, 0.3) is 0 Å². The molecule has 17 N–H and O–H groups in total. The molecule has 1 saturated heterocycles. The Labute approximate surface area is 423 Å². The average molecular weight is 1040 g/mol. The number of hydrogen-bond acceptors (Lipinski definition) is 18. The lowest BCUT2D eigenvalue weighted by molar-refractivity contribution is -0.243. The van der Waals surface area contributed by atoms with Crippen LogP contribution in [-0.4, -0.2) is 227 Å². The maximum atomic E-state index is 14.1. The van der Waals surface area contributed by atoms with E-state index in [2.05, 4.69) is 47.1 Å². The van der Waals surface area contributed by atoms with E-state index in [1.54, 1.807) is 35.2 Å². The molecule has 0 aliphatic carbocycles. The van der Waals surface area contributed by atoms with Gasteiger partial charge in [-0.05, 0) is 44.1 Å². The van der Waals surface area contributed by atoms with Crippen LogP contribution in [0.3, 0.4) is 0 Å². The van der Waals surface area contributed by atoms with Crippen molar-refractivity contribution >= 4 is 53.3 Å². The molecule has 0 aromatic heterocycles. The molecule has 0 radical (unpaired) electrons. The maximum absolute atomic E-state index is 14.1. The zero-order valence-corrected chi connectivity index (χ0v) is 41.4. The Morgan fingerprint density at radius 3 is 1.79 bits per heavy atom. The number of carbonyl (C=O) groups excluding carboxylic acids is 7. The number of nitrogens with one attached hydrogen (secondary N) is 7. The molecule has 1 aromatic carbocycles. The van der Waals surface area contributed by atoms with Crippen molar-refractivity contribution in [1.82, 2.24) is 51.9 Å². The zero-order valence-electron chi connectivity index (χ0n) is 41.4. The van der Waals surface area contributed by atoms with Gasteiger partial charge < -0.3 is 74.2 Å². The van der Waals surface area contributed by atoms with Crippen molar-refractivity contribution < 1.29 is 74.0 Å². The Kier molecular flexibility index (Phi) is 31.0. The lowest BCUT2D eigenvalue weighted by Crippen LogP contribution is -2.58. The number of aliphatic hydroxyl groups is 4. The van der Waals surface area contributed by atoms with Gasteiger partial charge in [0.15, 0.2) is 18.5 Å². The minimum atomic E-state index is -1.79. The molecule has 1 fully saturated rings. The Balaban J connectivity index is 2.23. The van der Waals surface area contributed by atoms with E-state index < -0.39 is 91.2 Å². The fraction of sp³-hybridized carbons (Fsp3) is 0.667. The number of carbonyl (C=O) groups is 8. The van der Waals surface area contributed by atoms with Gasteiger partial charge in [0.1, 0.15) is 24.2 Å². The second-order valence-corrected chi connectivity index (χ2v) is 17.4. The number of aliphatic hydroxyl groups excluding tert-OH is 2. The number of aliphatic imine (C=N–C) groups is 1. The molecule has 0 saturated carbocycles. The SMILES string of the molecule is CCCCNC(=O)CN(CCN(CCN(CC(=O)O)CC(=O)NCCCC[C@@H]1NC(=O)[C@@H](Cc2ccccc2)NC(=O)[C@H](CCOO)NC(=O)CNC(=O)[C@H](CCCN=C(N)N)NC1=O)CC(O)O)CC(O)O. The Morgan fingerprint density at radius 2 is 1.21 bits per heavy atom. The van der Waals surface area contributed by atoms with Crippen LogP contribution in [0.15, 0.2) is 35.3 Å². The third kappa shape index (κ3) is 28.7. The molecule has 412 valence electrons. The van der Waals surface area contributed by atoms with Gasteiger partial charge in [-0.2, -0.15) is 0 Å². The summed E-state index contributed by atoms with van der Waals surface area (Å²) in [6.07, 6.45) is -1.55. The first kappa shape index (κ1) is 63.0. The first-order valence-electron chi connectivity index (χ1n) is 24.3. The van der Waals surface area contributed by atoms with Crippen molar-refractivity contribution in [2.45, 2.75) is 101 Å². The van der Waals surface area contributed by atoms with Crippen molar-refractivity contribution in [3.8, 4) is 0 Å². The van der Waals surface area contributed by atoms with E-state index >= 15 is 0 Å². The smallest absolute Gasteiger partial charge is 0.317 e. The van der Waals surface area contributed by atoms with Gasteiger partial charge >= 0.3 is 5.97 Å². The predicted octanol–water partition coefficient (Wildman–Crippen LogP) is -5.95. The van der Waals surface area contributed by atoms with Crippen molar-refractivity contribution in [3.05, 3.63) is 35.9 Å². The standard InChI is InChI=1S/C45H77N13O15/c1-2-3-15-48-36(60)25-57(28-39(64)65)20-18-56(27-38(62)63)19-21-58(29-40(66)67)26-37(61)49-16-8-7-12-32-42(69)53-31(13-9-17-50-45(46)47)41(68)51-24-35(59)52-33(14-22-73-72)43(70)55-34(44(71)54-32)23-30-10-5-4-6-11-30/h4-6,10-11,31-34,38-39,62-65,72H,2-3,7-9,12-29H2,1H3,(H,48,60)(H,49,61)(H,51,68)(H,52,59)(H,53,69)(H,54,71)(H,55,70)(H,66,67)(H4,46,47,50)/t31-,32-,33-,34+/m0/s1. The van der Waals surface area contributed by atoms with Crippen LogP contribution in [0.2, 0.25) is 0 Å². The number of hydrogen-bond donors (Lipinski definition) is 15. The van der Waals surface area contributed by atoms with Gasteiger partial charge in [0, 0.05) is 71.7 Å². The molecule has 1 aliphatic heterocycles. The van der Waals surface area contributed by atoms with Crippen molar-refractivity contribution in [3.63, 3.8) is 0 Å². The summed E-state index contributed by atoms with van der Waals surface area (Å²) in [7, 11) is 0. The third-order valence-electron chi connectivity index (χ3n) is 11.2. The van der Waals surface area contributed by atoms with E-state index in [4.69, 9.17) is 16.7 Å². The van der Waals surface area contributed by atoms with Crippen LogP contribution in [-0.2, 0) is 49.7 Å². The summed E-state index contributed by atoms with van der Waals surface area (Å²) >= 11 is 0. The Bertz CT molecular complexity index is 1900. The lowest BCUT2D eigenvalue weighted by atomic mass is 10.0. The summed E-state index contributed by atoms with van der Waals surface area (Å²) in [5.41, 5.74) is 11.5. The summed E-state index contributed by atoms with van der Waals surface area (Å²) < 4.78 is 0. The van der Waals surface area contributed by atoms with Crippen molar-refractivity contribution in [1.29, 1.82) is 0 Å². The Hall–Kier alpha value is -6.11. The largest absolute Gasteiger partial charge is 0.480 e. The van der Waals surface area contributed by atoms with Crippen LogP contribution in [0.4, 0.5) is 0 Å². The van der Waals surface area contributed by atoms with Crippen molar-refractivity contribution in [2.75, 3.05) is 91.7 Å². The molecule has 1 heterocycles. The molecule has 1 aromatic rings. The first-order chi connectivity index (χ1) is 34.8. The van der Waals surface area contributed by atoms with Gasteiger partial charge in [0.2, 0.25) is 41.4 Å². The van der Waals surface area contributed by atoms with Crippen LogP contribution >= 0.6 is 0 Å². The monoisotopic (exact) mass is 1040 g/mol. The molecule has 7 amide bonds. The van der Waals surface area contributed by atoms with Crippen LogP contribution < -0.4 is 48.7 Å². The summed E-state index contributed by atoms with van der Waals surface area (Å²) in [5, 5.41) is 75.8. The third-order valence-corrected chi connectivity index (χ3v) is 11.2. The van der Waals surface area contributed by atoms with Gasteiger partial charge in [-0.15, -0.1) is 0 Å². The van der Waals surface area contributed by atoms with E-state index in [1.165, 1.54) is 9.80 Å². The molecule has 73 heavy (non-hydrogen) atoms. The number of carboxylic acids is 1. The second-order valence-electron chi connectivity index (χ2n) is 17.4. The van der Waals surface area contributed by atoms with Gasteiger partial charge in [-0.1, -0.05) is 43.7 Å². The highest BCUT2D eigenvalue weighted by molar-refractivity contribution is 5.97. The number of guanidine groups is 1. The summed E-state index contributed by atoms with van der Waals surface area (Å²) in [5.74, 6) is -6.26. The number of benzene rings is 1. The highest BCUT2D eigenvalue weighted by atomic mass is 17.1. The molecule has 0 bridgehead atoms. The minimum Gasteiger partial charge on any atom is -0.480 e. The number of nitrogens with two attached hydrogens (primary N) is 2. The molecule has 4 atom stereocenters. The molecule has 28 nitrogen and oxygen atoms in total. The quantitative estimate of drug-likeness (QED) is 0.00778. The molecular weight excluding hydrogens is 963 g/mol. The first-order valence-corrected chi connectivity index (χ1v) is 24.3. The lowest BCUT2D eigenvalue weighted by Gasteiger charge is -2.30. The molecule has 0 spiro atoms. The van der Waals surface area contributed by atoms with Crippen molar-refractivity contribution in [2.24, 2.45) is 16.5 Å². The molecule has 1 aliphatic rings. The average Bonchev–Trinajstić information content (AvgIpc) is 3.32. The predicted molar refractivity (Wildman–Crippen MR) is 262 cm³/mol. The van der Waals surface area contributed by atoms with Gasteiger partial charge in [0.05, 0.1) is 32.8 Å².